The molecule has 0 atom stereocenters. The average molecular weight is 383 g/mol. The van der Waals surface area contributed by atoms with Crippen LogP contribution in [0.1, 0.15) is 25.3 Å². The van der Waals surface area contributed by atoms with E-state index in [2.05, 4.69) is 41.1 Å². The lowest BCUT2D eigenvalue weighted by Gasteiger charge is -2.29. The predicted molar refractivity (Wildman–Crippen MR) is 108 cm³/mol. The molecule has 3 heterocycles. The molecule has 4 rings (SSSR count). The van der Waals surface area contributed by atoms with Crippen LogP contribution in [0, 0.1) is 0 Å². The molecule has 1 aliphatic heterocycles. The van der Waals surface area contributed by atoms with Crippen molar-refractivity contribution in [1.29, 1.82) is 0 Å². The highest BCUT2D eigenvalue weighted by atomic mass is 16.3. The van der Waals surface area contributed by atoms with Gasteiger partial charge in [0.15, 0.2) is 11.2 Å². The van der Waals surface area contributed by atoms with E-state index >= 15 is 0 Å². The zero-order valence-corrected chi connectivity index (χ0v) is 16.3. The predicted octanol–water partition coefficient (Wildman–Crippen LogP) is 1.38. The van der Waals surface area contributed by atoms with E-state index in [9.17, 15) is 9.59 Å². The minimum atomic E-state index is -0.403. The third-order valence-electron chi connectivity index (χ3n) is 5.41. The minimum Gasteiger partial charge on any atom is -0.396 e. The molecule has 3 aromatic rings. The monoisotopic (exact) mass is 383 g/mol. The first kappa shape index (κ1) is 18.5. The Bertz CT molecular complexity index is 1120. The molecule has 8 heteroatoms. The van der Waals surface area contributed by atoms with E-state index in [0.717, 1.165) is 25.1 Å². The molecule has 1 N–H and O–H groups in total. The molecular weight excluding hydrogens is 358 g/mol. The molecule has 0 fully saturated rings. The first-order chi connectivity index (χ1) is 13.6. The van der Waals surface area contributed by atoms with Gasteiger partial charge in [-0.25, -0.2) is 4.79 Å². The van der Waals surface area contributed by atoms with Gasteiger partial charge < -0.3 is 14.6 Å². The number of aryl methyl sites for hydroxylation is 3. The number of benzene rings is 1. The van der Waals surface area contributed by atoms with E-state index in [1.165, 1.54) is 14.7 Å². The summed E-state index contributed by atoms with van der Waals surface area (Å²) in [5.74, 6) is 0.692. The molecule has 0 saturated carbocycles. The Hall–Kier alpha value is -2.87. The van der Waals surface area contributed by atoms with Crippen LogP contribution in [-0.4, -0.2) is 36.9 Å². The first-order valence-electron chi connectivity index (χ1n) is 9.74. The van der Waals surface area contributed by atoms with Crippen LogP contribution < -0.4 is 16.1 Å². The number of fused-ring (bicyclic) bond motifs is 3. The molecule has 8 nitrogen and oxygen atoms in total. The Morgan fingerprint density at radius 2 is 1.89 bits per heavy atom. The Morgan fingerprint density at radius 3 is 2.57 bits per heavy atom. The molecule has 148 valence electrons. The normalized spacial score (nSPS) is 13.9. The molecule has 0 spiro atoms. The van der Waals surface area contributed by atoms with Gasteiger partial charge in [0.25, 0.3) is 5.56 Å². The summed E-state index contributed by atoms with van der Waals surface area (Å²) in [5.41, 5.74) is 2.41. The summed E-state index contributed by atoms with van der Waals surface area (Å²) in [7, 11) is 1.64. The molecule has 1 aromatic carbocycles. The van der Waals surface area contributed by atoms with Crippen LogP contribution in [0.4, 0.5) is 11.6 Å². The zero-order valence-electron chi connectivity index (χ0n) is 16.3. The lowest BCUT2D eigenvalue weighted by atomic mass is 10.1. The van der Waals surface area contributed by atoms with Gasteiger partial charge in [0.1, 0.15) is 0 Å². The number of imidazole rings is 1. The van der Waals surface area contributed by atoms with Crippen LogP contribution in [0.3, 0.4) is 0 Å². The maximum absolute atomic E-state index is 13.1. The van der Waals surface area contributed by atoms with Gasteiger partial charge in [-0.15, -0.1) is 0 Å². The van der Waals surface area contributed by atoms with E-state index in [1.807, 2.05) is 4.57 Å². The maximum Gasteiger partial charge on any atom is 0.332 e. The van der Waals surface area contributed by atoms with Crippen LogP contribution in [0.25, 0.3) is 11.2 Å². The van der Waals surface area contributed by atoms with E-state index in [-0.39, 0.29) is 18.7 Å². The van der Waals surface area contributed by atoms with E-state index in [0.29, 0.717) is 30.1 Å². The fourth-order valence-electron chi connectivity index (χ4n) is 3.85. The summed E-state index contributed by atoms with van der Waals surface area (Å²) in [6, 6.07) is 8.36. The Labute approximate surface area is 162 Å². The number of anilines is 2. The van der Waals surface area contributed by atoms with Crippen LogP contribution >= 0.6 is 0 Å². The van der Waals surface area contributed by atoms with Crippen LogP contribution in [0.5, 0.6) is 0 Å². The van der Waals surface area contributed by atoms with E-state index in [1.54, 1.807) is 7.05 Å². The van der Waals surface area contributed by atoms with Crippen molar-refractivity contribution in [2.24, 2.45) is 7.05 Å². The number of hydrogen-bond acceptors (Lipinski definition) is 5. The SMILES string of the molecule is CCc1ccc(N2CCCn3c2nc2c3c(=O)n(CCCO)c(=O)n2C)cc1. The summed E-state index contributed by atoms with van der Waals surface area (Å²) >= 11 is 0. The number of hydrogen-bond donors (Lipinski definition) is 1. The van der Waals surface area contributed by atoms with Crippen molar-refractivity contribution in [3.8, 4) is 0 Å². The van der Waals surface area contributed by atoms with Gasteiger partial charge in [-0.05, 0) is 37.0 Å². The highest BCUT2D eigenvalue weighted by Gasteiger charge is 2.26. The van der Waals surface area contributed by atoms with Crippen molar-refractivity contribution in [3.05, 3.63) is 50.7 Å². The molecule has 0 saturated heterocycles. The van der Waals surface area contributed by atoms with Crippen molar-refractivity contribution in [1.82, 2.24) is 18.7 Å². The van der Waals surface area contributed by atoms with Gasteiger partial charge in [0.2, 0.25) is 5.95 Å². The molecule has 0 amide bonds. The third kappa shape index (κ3) is 2.84. The smallest absolute Gasteiger partial charge is 0.332 e. The fraction of sp³-hybridized carbons (Fsp3) is 0.450. The second-order valence-electron chi connectivity index (χ2n) is 7.14. The first-order valence-corrected chi connectivity index (χ1v) is 9.74. The van der Waals surface area contributed by atoms with Crippen molar-refractivity contribution in [2.75, 3.05) is 18.1 Å². The molecule has 2 aromatic heterocycles. The van der Waals surface area contributed by atoms with Gasteiger partial charge >= 0.3 is 5.69 Å². The Balaban J connectivity index is 1.90. The third-order valence-corrected chi connectivity index (χ3v) is 5.41. The van der Waals surface area contributed by atoms with E-state index in [4.69, 9.17) is 5.11 Å². The molecular formula is C20H25N5O3. The second-order valence-corrected chi connectivity index (χ2v) is 7.14. The average Bonchev–Trinajstić information content (AvgIpc) is 3.12. The molecule has 1 aliphatic rings. The number of aromatic nitrogens is 4. The van der Waals surface area contributed by atoms with Gasteiger partial charge in [-0.1, -0.05) is 19.1 Å². The summed E-state index contributed by atoms with van der Waals surface area (Å²) < 4.78 is 4.55. The standard InChI is InChI=1S/C20H25N5O3/c1-3-14-6-8-15(9-7-14)23-10-4-11-24-16-17(21-19(23)24)22(2)20(28)25(18(16)27)12-5-13-26/h6-9,26H,3-5,10-13H2,1-2H3. The highest BCUT2D eigenvalue weighted by molar-refractivity contribution is 5.77. The largest absolute Gasteiger partial charge is 0.396 e. The quantitative estimate of drug-likeness (QED) is 0.720. The van der Waals surface area contributed by atoms with Crippen molar-refractivity contribution >= 4 is 22.8 Å². The molecule has 28 heavy (non-hydrogen) atoms. The summed E-state index contributed by atoms with van der Waals surface area (Å²) in [5, 5.41) is 9.09. The Kier molecular flexibility index (Phi) is 4.80. The summed E-state index contributed by atoms with van der Waals surface area (Å²) in [6.45, 7) is 3.74. The molecule has 0 bridgehead atoms. The lowest BCUT2D eigenvalue weighted by molar-refractivity contribution is 0.277. The maximum atomic E-state index is 13.1. The van der Waals surface area contributed by atoms with Crippen molar-refractivity contribution < 1.29 is 5.11 Å². The second kappa shape index (κ2) is 7.27. The van der Waals surface area contributed by atoms with Crippen molar-refractivity contribution in [3.63, 3.8) is 0 Å². The fourth-order valence-corrected chi connectivity index (χ4v) is 3.85. The topological polar surface area (TPSA) is 85.3 Å². The molecule has 0 aliphatic carbocycles. The number of aliphatic hydroxyl groups excluding tert-OH is 1. The summed E-state index contributed by atoms with van der Waals surface area (Å²) in [4.78, 5) is 32.5. The minimum absolute atomic E-state index is 0.0698. The zero-order chi connectivity index (χ0) is 19.8. The van der Waals surface area contributed by atoms with Gasteiger partial charge in [0, 0.05) is 39.0 Å². The van der Waals surface area contributed by atoms with Crippen LogP contribution in [0.15, 0.2) is 33.9 Å². The number of nitrogens with zero attached hydrogens (tertiary/aromatic N) is 5. The van der Waals surface area contributed by atoms with Crippen molar-refractivity contribution in [2.45, 2.75) is 39.3 Å². The molecule has 0 radical (unpaired) electrons. The van der Waals surface area contributed by atoms with Gasteiger partial charge in [-0.2, -0.15) is 4.98 Å². The number of aliphatic hydroxyl groups is 1. The highest BCUT2D eigenvalue weighted by Crippen LogP contribution is 2.31. The Morgan fingerprint density at radius 1 is 1.14 bits per heavy atom. The summed E-state index contributed by atoms with van der Waals surface area (Å²) in [6.07, 6.45) is 2.22. The van der Waals surface area contributed by atoms with Gasteiger partial charge in [-0.3, -0.25) is 13.9 Å². The lowest BCUT2D eigenvalue weighted by Crippen LogP contribution is -2.40. The number of rotatable bonds is 5. The molecule has 0 unspecified atom stereocenters. The van der Waals surface area contributed by atoms with Gasteiger partial charge in [0.05, 0.1) is 0 Å². The van der Waals surface area contributed by atoms with Crippen LogP contribution in [0.2, 0.25) is 0 Å². The van der Waals surface area contributed by atoms with E-state index < -0.39 is 5.69 Å². The van der Waals surface area contributed by atoms with Crippen LogP contribution in [-0.2, 0) is 26.6 Å².